The summed E-state index contributed by atoms with van der Waals surface area (Å²) in [5.74, 6) is -0.451. The molecule has 0 saturated carbocycles. The predicted molar refractivity (Wildman–Crippen MR) is 118 cm³/mol. The summed E-state index contributed by atoms with van der Waals surface area (Å²) in [6, 6.07) is 22.6. The molecule has 0 aliphatic rings. The van der Waals surface area contributed by atoms with Crippen molar-refractivity contribution in [2.45, 2.75) is 13.5 Å². The van der Waals surface area contributed by atoms with Crippen LogP contribution in [0, 0.1) is 6.92 Å². The summed E-state index contributed by atoms with van der Waals surface area (Å²) in [7, 11) is 0. The Morgan fingerprint density at radius 2 is 1.72 bits per heavy atom. The van der Waals surface area contributed by atoms with E-state index in [4.69, 9.17) is 11.6 Å². The summed E-state index contributed by atoms with van der Waals surface area (Å²) in [5.41, 5.74) is 2.12. The van der Waals surface area contributed by atoms with Crippen LogP contribution in [0.4, 0.5) is 5.69 Å². The fraction of sp³-hybridized carbons (Fsp3) is 0.0833. The zero-order valence-electron chi connectivity index (χ0n) is 15.9. The average Bonchev–Trinajstić information content (AvgIpc) is 2.73. The first-order valence-electron chi connectivity index (χ1n) is 9.27. The molecule has 29 heavy (non-hydrogen) atoms. The number of benzene rings is 3. The van der Waals surface area contributed by atoms with Crippen LogP contribution in [0.5, 0.6) is 0 Å². The second-order valence-electron chi connectivity index (χ2n) is 6.86. The van der Waals surface area contributed by atoms with Gasteiger partial charge in [0.05, 0.1) is 6.54 Å². The molecule has 4 rings (SSSR count). The van der Waals surface area contributed by atoms with Crippen LogP contribution in [0.1, 0.15) is 21.5 Å². The number of nitrogens with one attached hydrogen (secondary N) is 1. The molecule has 4 nitrogen and oxygen atoms in total. The van der Waals surface area contributed by atoms with E-state index in [1.54, 1.807) is 35.0 Å². The largest absolute Gasteiger partial charge is 0.322 e. The molecule has 0 radical (unpaired) electrons. The van der Waals surface area contributed by atoms with Gasteiger partial charge in [-0.3, -0.25) is 9.59 Å². The molecule has 4 aromatic rings. The minimum atomic E-state index is -0.451. The van der Waals surface area contributed by atoms with Crippen LogP contribution in [0.25, 0.3) is 10.8 Å². The summed E-state index contributed by atoms with van der Waals surface area (Å²) in [6.45, 7) is 2.21. The maximum absolute atomic E-state index is 13.0. The third kappa shape index (κ3) is 3.80. The van der Waals surface area contributed by atoms with Gasteiger partial charge in [-0.15, -0.1) is 0 Å². The molecule has 0 bridgehead atoms. The summed E-state index contributed by atoms with van der Waals surface area (Å²) in [5, 5.41) is 5.56. The first-order chi connectivity index (χ1) is 14.0. The molecule has 144 valence electrons. The monoisotopic (exact) mass is 402 g/mol. The average molecular weight is 403 g/mol. The molecule has 1 N–H and O–H groups in total. The third-order valence-electron chi connectivity index (χ3n) is 5.00. The van der Waals surface area contributed by atoms with Gasteiger partial charge in [-0.1, -0.05) is 60.1 Å². The van der Waals surface area contributed by atoms with Crippen LogP contribution < -0.4 is 10.9 Å². The van der Waals surface area contributed by atoms with Crippen LogP contribution in [-0.2, 0) is 6.54 Å². The van der Waals surface area contributed by atoms with Crippen LogP contribution in [0.2, 0.25) is 5.02 Å². The van der Waals surface area contributed by atoms with Gasteiger partial charge in [0.25, 0.3) is 11.5 Å². The molecule has 1 amide bonds. The Balaban J connectivity index is 1.66. The van der Waals surface area contributed by atoms with Crippen molar-refractivity contribution < 1.29 is 4.79 Å². The quantitative estimate of drug-likeness (QED) is 0.506. The molecule has 1 heterocycles. The highest BCUT2D eigenvalue weighted by Gasteiger charge is 2.14. The Hall–Kier alpha value is -3.37. The number of hydrogen-bond donors (Lipinski definition) is 1. The molecule has 1 aromatic heterocycles. The number of anilines is 1. The van der Waals surface area contributed by atoms with Crippen molar-refractivity contribution >= 4 is 34.0 Å². The number of halogens is 1. The molecule has 5 heteroatoms. The normalized spacial score (nSPS) is 10.8. The first kappa shape index (κ1) is 19.0. The van der Waals surface area contributed by atoms with Crippen LogP contribution in [0.15, 0.2) is 83.8 Å². The number of rotatable bonds is 4. The number of nitrogens with zero attached hydrogens (tertiary/aromatic N) is 1. The van der Waals surface area contributed by atoms with Crippen molar-refractivity contribution in [1.29, 1.82) is 0 Å². The maximum atomic E-state index is 13.0. The molecule has 0 unspecified atom stereocenters. The summed E-state index contributed by atoms with van der Waals surface area (Å²) in [4.78, 5) is 25.7. The van der Waals surface area contributed by atoms with E-state index < -0.39 is 5.91 Å². The number of fused-ring (bicyclic) bond motifs is 1. The van der Waals surface area contributed by atoms with Crippen molar-refractivity contribution in [1.82, 2.24) is 4.57 Å². The van der Waals surface area contributed by atoms with Gasteiger partial charge in [-0.25, -0.2) is 0 Å². The smallest absolute Gasteiger partial charge is 0.263 e. The fourth-order valence-corrected chi connectivity index (χ4v) is 3.56. The highest BCUT2D eigenvalue weighted by Crippen LogP contribution is 2.23. The first-order valence-corrected chi connectivity index (χ1v) is 9.65. The van der Waals surface area contributed by atoms with Crippen LogP contribution >= 0.6 is 11.6 Å². The highest BCUT2D eigenvalue weighted by molar-refractivity contribution is 6.31. The highest BCUT2D eigenvalue weighted by atomic mass is 35.5. The minimum Gasteiger partial charge on any atom is -0.322 e. The van der Waals surface area contributed by atoms with E-state index in [1.165, 1.54) is 6.07 Å². The molecule has 0 saturated heterocycles. The number of aromatic nitrogens is 1. The third-order valence-corrected chi connectivity index (χ3v) is 5.41. The second-order valence-corrected chi connectivity index (χ2v) is 7.27. The fourth-order valence-electron chi connectivity index (χ4n) is 3.38. The molecular formula is C24H19ClN2O2. The molecule has 0 aliphatic carbocycles. The van der Waals surface area contributed by atoms with E-state index in [1.807, 2.05) is 49.4 Å². The SMILES string of the molecule is Cc1c(Cl)cccc1NC(=O)c1cccn(Cc2cccc3ccccc23)c1=O. The molecule has 0 atom stereocenters. The summed E-state index contributed by atoms with van der Waals surface area (Å²) < 4.78 is 1.56. The van der Waals surface area contributed by atoms with Gasteiger partial charge in [0.1, 0.15) is 5.56 Å². The van der Waals surface area contributed by atoms with E-state index in [-0.39, 0.29) is 11.1 Å². The topological polar surface area (TPSA) is 51.1 Å². The lowest BCUT2D eigenvalue weighted by Gasteiger charge is -2.12. The van der Waals surface area contributed by atoms with Crippen LogP contribution in [-0.4, -0.2) is 10.5 Å². The van der Waals surface area contributed by atoms with Gasteiger partial charge in [-0.05, 0) is 53.1 Å². The molecule has 0 aliphatic heterocycles. The lowest BCUT2D eigenvalue weighted by molar-refractivity contribution is 0.102. The van der Waals surface area contributed by atoms with Crippen molar-refractivity contribution in [2.75, 3.05) is 5.32 Å². The van der Waals surface area contributed by atoms with E-state index in [0.717, 1.165) is 21.9 Å². The van der Waals surface area contributed by atoms with Gasteiger partial charge in [0, 0.05) is 16.9 Å². The van der Waals surface area contributed by atoms with Gasteiger partial charge >= 0.3 is 0 Å². The Morgan fingerprint density at radius 1 is 0.966 bits per heavy atom. The van der Waals surface area contributed by atoms with E-state index in [2.05, 4.69) is 5.32 Å². The zero-order valence-corrected chi connectivity index (χ0v) is 16.6. The summed E-state index contributed by atoms with van der Waals surface area (Å²) >= 11 is 6.12. The predicted octanol–water partition coefficient (Wildman–Crippen LogP) is 5.26. The maximum Gasteiger partial charge on any atom is 0.263 e. The van der Waals surface area contributed by atoms with Gasteiger partial charge in [0.2, 0.25) is 0 Å². The zero-order chi connectivity index (χ0) is 20.4. The molecular weight excluding hydrogens is 384 g/mol. The van der Waals surface area contributed by atoms with Crippen molar-refractivity contribution in [3.8, 4) is 0 Å². The molecule has 0 fully saturated rings. The Kier molecular flexibility index (Phi) is 5.19. The van der Waals surface area contributed by atoms with E-state index in [9.17, 15) is 9.59 Å². The van der Waals surface area contributed by atoms with Gasteiger partial charge < -0.3 is 9.88 Å². The number of carbonyl (C=O) groups excluding carboxylic acids is 1. The standard InChI is InChI=1S/C24H19ClN2O2/c1-16-21(25)12-5-13-22(16)26-23(28)20-11-6-14-27(24(20)29)15-18-9-4-8-17-7-2-3-10-19(17)18/h2-14H,15H2,1H3,(H,26,28). The lowest BCUT2D eigenvalue weighted by Crippen LogP contribution is -2.29. The van der Waals surface area contributed by atoms with Crippen molar-refractivity contribution in [3.63, 3.8) is 0 Å². The Bertz CT molecular complexity index is 1270. The number of pyridine rings is 1. The Morgan fingerprint density at radius 3 is 2.59 bits per heavy atom. The van der Waals surface area contributed by atoms with Crippen molar-refractivity contribution in [2.24, 2.45) is 0 Å². The minimum absolute atomic E-state index is 0.0899. The number of hydrogen-bond acceptors (Lipinski definition) is 2. The van der Waals surface area contributed by atoms with Crippen LogP contribution in [0.3, 0.4) is 0 Å². The second kappa shape index (κ2) is 7.94. The number of amides is 1. The van der Waals surface area contributed by atoms with E-state index >= 15 is 0 Å². The lowest BCUT2D eigenvalue weighted by atomic mass is 10.0. The summed E-state index contributed by atoms with van der Waals surface area (Å²) in [6.07, 6.45) is 1.70. The molecule has 3 aromatic carbocycles. The van der Waals surface area contributed by atoms with Gasteiger partial charge in [0.15, 0.2) is 0 Å². The van der Waals surface area contributed by atoms with Crippen molar-refractivity contribution in [3.05, 3.63) is 111 Å². The van der Waals surface area contributed by atoms with E-state index in [0.29, 0.717) is 17.3 Å². The number of carbonyl (C=O) groups is 1. The van der Waals surface area contributed by atoms with Gasteiger partial charge in [-0.2, -0.15) is 0 Å². The Labute approximate surface area is 173 Å². The molecule has 0 spiro atoms.